The maximum absolute atomic E-state index is 13.4. The fourth-order valence-corrected chi connectivity index (χ4v) is 1.71. The minimum absolute atomic E-state index is 0.321. The van der Waals surface area contributed by atoms with E-state index < -0.39 is 0 Å². The molecule has 88 valence electrons. The van der Waals surface area contributed by atoms with Gasteiger partial charge in [0.25, 0.3) is 0 Å². The van der Waals surface area contributed by atoms with Gasteiger partial charge in [0.05, 0.1) is 5.69 Å². The maximum atomic E-state index is 13.4. The smallest absolute Gasteiger partial charge is 0.146 e. The van der Waals surface area contributed by atoms with E-state index in [0.717, 1.165) is 5.56 Å². The van der Waals surface area contributed by atoms with Crippen LogP contribution in [0.1, 0.15) is 5.56 Å². The molecule has 0 aromatic heterocycles. The van der Waals surface area contributed by atoms with Crippen LogP contribution in [0.4, 0.5) is 15.8 Å². The Morgan fingerprint density at radius 1 is 1.18 bits per heavy atom. The molecule has 0 radical (unpaired) electrons. The van der Waals surface area contributed by atoms with Crippen molar-refractivity contribution in [2.75, 3.05) is 11.1 Å². The van der Waals surface area contributed by atoms with Crippen LogP contribution < -0.4 is 11.1 Å². The Balaban J connectivity index is 2.09. The highest BCUT2D eigenvalue weighted by atomic mass is 35.5. The van der Waals surface area contributed by atoms with E-state index >= 15 is 0 Å². The molecule has 0 aliphatic carbocycles. The number of nitrogens with two attached hydrogens (primary N) is 1. The second-order valence-corrected chi connectivity index (χ2v) is 4.16. The van der Waals surface area contributed by atoms with E-state index in [0.29, 0.717) is 22.9 Å². The third-order valence-electron chi connectivity index (χ3n) is 2.36. The van der Waals surface area contributed by atoms with Crippen molar-refractivity contribution in [1.29, 1.82) is 0 Å². The lowest BCUT2D eigenvalue weighted by Gasteiger charge is -2.08. The molecule has 0 heterocycles. The van der Waals surface area contributed by atoms with Crippen molar-refractivity contribution < 1.29 is 4.39 Å². The first-order chi connectivity index (χ1) is 8.15. The average Bonchev–Trinajstić information content (AvgIpc) is 2.30. The van der Waals surface area contributed by atoms with Crippen molar-refractivity contribution in [3.05, 3.63) is 58.9 Å². The average molecular weight is 251 g/mol. The van der Waals surface area contributed by atoms with Gasteiger partial charge in [-0.3, -0.25) is 0 Å². The first-order valence-electron chi connectivity index (χ1n) is 5.18. The van der Waals surface area contributed by atoms with E-state index in [2.05, 4.69) is 5.32 Å². The summed E-state index contributed by atoms with van der Waals surface area (Å²) in [6.07, 6.45) is 0. The summed E-state index contributed by atoms with van der Waals surface area (Å²) in [6.45, 7) is 0.502. The van der Waals surface area contributed by atoms with Gasteiger partial charge < -0.3 is 11.1 Å². The molecule has 17 heavy (non-hydrogen) atoms. The molecule has 0 aliphatic heterocycles. The summed E-state index contributed by atoms with van der Waals surface area (Å²) in [7, 11) is 0. The van der Waals surface area contributed by atoms with Gasteiger partial charge in [-0.2, -0.15) is 0 Å². The van der Waals surface area contributed by atoms with Gasteiger partial charge in [0, 0.05) is 17.3 Å². The van der Waals surface area contributed by atoms with E-state index in [4.69, 9.17) is 17.3 Å². The van der Waals surface area contributed by atoms with Gasteiger partial charge in [-0.05, 0) is 35.9 Å². The van der Waals surface area contributed by atoms with E-state index in [1.165, 1.54) is 12.1 Å². The molecule has 2 nitrogen and oxygen atoms in total. The predicted molar refractivity (Wildman–Crippen MR) is 69.6 cm³/mol. The zero-order valence-electron chi connectivity index (χ0n) is 9.08. The van der Waals surface area contributed by atoms with Gasteiger partial charge in [0.1, 0.15) is 5.82 Å². The lowest BCUT2D eigenvalue weighted by molar-refractivity contribution is 0.630. The highest BCUT2D eigenvalue weighted by Crippen LogP contribution is 2.20. The first kappa shape index (κ1) is 11.7. The van der Waals surface area contributed by atoms with E-state index in [1.807, 2.05) is 24.3 Å². The zero-order valence-corrected chi connectivity index (χ0v) is 9.84. The van der Waals surface area contributed by atoms with Crippen LogP contribution in [0.5, 0.6) is 0 Å². The molecule has 3 N–H and O–H groups in total. The molecular weight excluding hydrogens is 239 g/mol. The number of rotatable bonds is 3. The number of halogens is 2. The van der Waals surface area contributed by atoms with Gasteiger partial charge in [0.2, 0.25) is 0 Å². The highest BCUT2D eigenvalue weighted by molar-refractivity contribution is 6.30. The quantitative estimate of drug-likeness (QED) is 0.816. The molecule has 0 atom stereocenters. The summed E-state index contributed by atoms with van der Waals surface area (Å²) in [6, 6.07) is 11.8. The van der Waals surface area contributed by atoms with Crippen LogP contribution in [0, 0.1) is 5.82 Å². The Morgan fingerprint density at radius 3 is 2.76 bits per heavy atom. The standard InChI is InChI=1S/C13H12ClFN2/c14-10-4-5-12(15)13(7-10)17-8-9-2-1-3-11(16)6-9/h1-7,17H,8,16H2. The van der Waals surface area contributed by atoms with Crippen LogP contribution in [0.15, 0.2) is 42.5 Å². The Kier molecular flexibility index (Phi) is 3.49. The molecule has 2 aromatic carbocycles. The maximum Gasteiger partial charge on any atom is 0.146 e. The summed E-state index contributed by atoms with van der Waals surface area (Å²) in [4.78, 5) is 0. The van der Waals surface area contributed by atoms with Gasteiger partial charge >= 0.3 is 0 Å². The molecule has 0 unspecified atom stereocenters. The fourth-order valence-electron chi connectivity index (χ4n) is 1.53. The zero-order chi connectivity index (χ0) is 12.3. The molecular formula is C13H12ClFN2. The molecule has 0 fully saturated rings. The van der Waals surface area contributed by atoms with Crippen LogP contribution in [-0.2, 0) is 6.54 Å². The molecule has 0 spiro atoms. The lowest BCUT2D eigenvalue weighted by atomic mass is 10.2. The van der Waals surface area contributed by atoms with E-state index in [-0.39, 0.29) is 5.82 Å². The topological polar surface area (TPSA) is 38.0 Å². The Labute approximate surface area is 104 Å². The van der Waals surface area contributed by atoms with Crippen LogP contribution >= 0.6 is 11.6 Å². The first-order valence-corrected chi connectivity index (χ1v) is 5.56. The largest absolute Gasteiger partial charge is 0.399 e. The predicted octanol–water partition coefficient (Wildman–Crippen LogP) is 3.67. The summed E-state index contributed by atoms with van der Waals surface area (Å²) in [5.74, 6) is -0.321. The van der Waals surface area contributed by atoms with Gasteiger partial charge in [0.15, 0.2) is 0 Å². The Bertz CT molecular complexity index is 529. The van der Waals surface area contributed by atoms with Crippen molar-refractivity contribution in [3.8, 4) is 0 Å². The van der Waals surface area contributed by atoms with Crippen molar-refractivity contribution >= 4 is 23.0 Å². The number of benzene rings is 2. The summed E-state index contributed by atoms with van der Waals surface area (Å²) < 4.78 is 13.4. The van der Waals surface area contributed by atoms with E-state index in [1.54, 1.807) is 6.07 Å². The molecule has 2 aromatic rings. The van der Waals surface area contributed by atoms with Crippen molar-refractivity contribution in [1.82, 2.24) is 0 Å². The Hall–Kier alpha value is -1.74. The highest BCUT2D eigenvalue weighted by Gasteiger charge is 2.02. The number of anilines is 2. The van der Waals surface area contributed by atoms with Crippen LogP contribution in [-0.4, -0.2) is 0 Å². The van der Waals surface area contributed by atoms with E-state index in [9.17, 15) is 4.39 Å². The molecule has 2 rings (SSSR count). The number of hydrogen-bond donors (Lipinski definition) is 2. The van der Waals surface area contributed by atoms with Crippen molar-refractivity contribution in [2.45, 2.75) is 6.54 Å². The second kappa shape index (κ2) is 5.06. The molecule has 0 saturated carbocycles. The fraction of sp³-hybridized carbons (Fsp3) is 0.0769. The minimum atomic E-state index is -0.321. The van der Waals surface area contributed by atoms with Crippen LogP contribution in [0.2, 0.25) is 5.02 Å². The molecule has 0 saturated heterocycles. The molecule has 0 amide bonds. The summed E-state index contributed by atoms with van der Waals surface area (Å²) >= 11 is 5.80. The monoisotopic (exact) mass is 250 g/mol. The Morgan fingerprint density at radius 2 is 2.00 bits per heavy atom. The van der Waals surface area contributed by atoms with Crippen LogP contribution in [0.25, 0.3) is 0 Å². The van der Waals surface area contributed by atoms with Gasteiger partial charge in [-0.25, -0.2) is 4.39 Å². The SMILES string of the molecule is Nc1cccc(CNc2cc(Cl)ccc2F)c1. The minimum Gasteiger partial charge on any atom is -0.399 e. The summed E-state index contributed by atoms with van der Waals surface area (Å²) in [5.41, 5.74) is 7.73. The van der Waals surface area contributed by atoms with Gasteiger partial charge in [-0.15, -0.1) is 0 Å². The number of nitrogen functional groups attached to an aromatic ring is 1. The van der Waals surface area contributed by atoms with Crippen molar-refractivity contribution in [2.24, 2.45) is 0 Å². The third kappa shape index (κ3) is 3.11. The van der Waals surface area contributed by atoms with Crippen molar-refractivity contribution in [3.63, 3.8) is 0 Å². The third-order valence-corrected chi connectivity index (χ3v) is 2.60. The number of hydrogen-bond acceptors (Lipinski definition) is 2. The molecule has 4 heteroatoms. The summed E-state index contributed by atoms with van der Waals surface area (Å²) in [5, 5.41) is 3.48. The lowest BCUT2D eigenvalue weighted by Crippen LogP contribution is -2.01. The molecule has 0 bridgehead atoms. The normalized spacial score (nSPS) is 10.2. The molecule has 0 aliphatic rings. The number of nitrogens with one attached hydrogen (secondary N) is 1. The van der Waals surface area contributed by atoms with Gasteiger partial charge in [-0.1, -0.05) is 23.7 Å². The second-order valence-electron chi connectivity index (χ2n) is 3.72. The van der Waals surface area contributed by atoms with Crippen LogP contribution in [0.3, 0.4) is 0 Å².